The SMILES string of the molecule is CC(=O)OCCCCCN(Cc1ccc(Br)cc1N)C(=O)O. The minimum Gasteiger partial charge on any atom is -0.466 e. The second kappa shape index (κ2) is 9.30. The van der Waals surface area contributed by atoms with Crippen molar-refractivity contribution in [3.05, 3.63) is 28.2 Å². The number of halogens is 1. The van der Waals surface area contributed by atoms with Crippen LogP contribution in [0.1, 0.15) is 31.7 Å². The average molecular weight is 373 g/mol. The highest BCUT2D eigenvalue weighted by Gasteiger charge is 2.13. The Morgan fingerprint density at radius 2 is 2.05 bits per heavy atom. The Kier molecular flexibility index (Phi) is 7.73. The molecule has 3 N–H and O–H groups in total. The van der Waals surface area contributed by atoms with Gasteiger partial charge in [0.1, 0.15) is 0 Å². The summed E-state index contributed by atoms with van der Waals surface area (Å²) < 4.78 is 5.69. The molecule has 0 fully saturated rings. The Hall–Kier alpha value is -1.76. The molecular formula is C15H21BrN2O4. The quantitative estimate of drug-likeness (QED) is 0.415. The van der Waals surface area contributed by atoms with Gasteiger partial charge in [0.15, 0.2) is 0 Å². The number of hydrogen-bond acceptors (Lipinski definition) is 4. The van der Waals surface area contributed by atoms with Crippen molar-refractivity contribution in [3.63, 3.8) is 0 Å². The summed E-state index contributed by atoms with van der Waals surface area (Å²) in [6.45, 7) is 2.43. The van der Waals surface area contributed by atoms with Crippen molar-refractivity contribution in [2.45, 2.75) is 32.7 Å². The number of nitrogens with two attached hydrogens (primary N) is 1. The van der Waals surface area contributed by atoms with Crippen LogP contribution in [0.25, 0.3) is 0 Å². The molecule has 7 heteroatoms. The number of anilines is 1. The minimum absolute atomic E-state index is 0.262. The van der Waals surface area contributed by atoms with Crippen LogP contribution in [-0.2, 0) is 16.1 Å². The number of carbonyl (C=O) groups is 2. The highest BCUT2D eigenvalue weighted by molar-refractivity contribution is 9.10. The molecule has 0 aromatic heterocycles. The van der Waals surface area contributed by atoms with Crippen LogP contribution < -0.4 is 5.73 Å². The van der Waals surface area contributed by atoms with E-state index in [2.05, 4.69) is 15.9 Å². The van der Waals surface area contributed by atoms with Crippen LogP contribution in [0.5, 0.6) is 0 Å². The molecule has 122 valence electrons. The van der Waals surface area contributed by atoms with E-state index in [1.54, 1.807) is 6.07 Å². The normalized spacial score (nSPS) is 10.3. The van der Waals surface area contributed by atoms with Crippen LogP contribution in [0.2, 0.25) is 0 Å². The van der Waals surface area contributed by atoms with Gasteiger partial charge in [-0.3, -0.25) is 4.79 Å². The molecule has 0 saturated carbocycles. The maximum atomic E-state index is 11.3. The lowest BCUT2D eigenvalue weighted by molar-refractivity contribution is -0.141. The number of esters is 1. The summed E-state index contributed by atoms with van der Waals surface area (Å²) >= 11 is 3.32. The first-order valence-corrected chi connectivity index (χ1v) is 7.84. The molecule has 1 aromatic rings. The van der Waals surface area contributed by atoms with Gasteiger partial charge in [0.25, 0.3) is 0 Å². The topological polar surface area (TPSA) is 92.9 Å². The third-order valence-electron chi connectivity index (χ3n) is 3.12. The van der Waals surface area contributed by atoms with Gasteiger partial charge in [0, 0.05) is 23.6 Å². The largest absolute Gasteiger partial charge is 0.466 e. The summed E-state index contributed by atoms with van der Waals surface area (Å²) in [6, 6.07) is 5.41. The molecule has 0 saturated heterocycles. The molecule has 1 amide bonds. The summed E-state index contributed by atoms with van der Waals surface area (Å²) in [5.74, 6) is -0.294. The van der Waals surface area contributed by atoms with Gasteiger partial charge < -0.3 is 20.5 Å². The highest BCUT2D eigenvalue weighted by Crippen LogP contribution is 2.20. The Bertz CT molecular complexity index is 522. The molecule has 0 spiro atoms. The smallest absolute Gasteiger partial charge is 0.407 e. The monoisotopic (exact) mass is 372 g/mol. The van der Waals surface area contributed by atoms with E-state index in [-0.39, 0.29) is 12.5 Å². The third-order valence-corrected chi connectivity index (χ3v) is 3.61. The van der Waals surface area contributed by atoms with E-state index >= 15 is 0 Å². The van der Waals surface area contributed by atoms with E-state index in [1.165, 1.54) is 11.8 Å². The first-order valence-electron chi connectivity index (χ1n) is 7.05. The van der Waals surface area contributed by atoms with Crippen LogP contribution in [0, 0.1) is 0 Å². The summed E-state index contributed by atoms with van der Waals surface area (Å²) in [4.78, 5) is 23.2. The fourth-order valence-corrected chi connectivity index (χ4v) is 2.33. The van der Waals surface area contributed by atoms with Gasteiger partial charge in [-0.15, -0.1) is 0 Å². The zero-order valence-electron chi connectivity index (χ0n) is 12.5. The summed E-state index contributed by atoms with van der Waals surface area (Å²) in [6.07, 6.45) is 1.27. The Morgan fingerprint density at radius 1 is 1.32 bits per heavy atom. The molecule has 0 bridgehead atoms. The molecule has 0 aliphatic rings. The lowest BCUT2D eigenvalue weighted by Crippen LogP contribution is -2.30. The standard InChI is InChI=1S/C15H21BrN2O4/c1-11(19)22-8-4-2-3-7-18(15(20)21)10-12-5-6-13(16)9-14(12)17/h5-6,9H,2-4,7-8,10,17H2,1H3,(H,20,21). The van der Waals surface area contributed by atoms with Gasteiger partial charge in [-0.25, -0.2) is 4.79 Å². The van der Waals surface area contributed by atoms with Crippen molar-refractivity contribution in [1.82, 2.24) is 4.90 Å². The molecule has 0 aliphatic carbocycles. The van der Waals surface area contributed by atoms with Crippen molar-refractivity contribution in [3.8, 4) is 0 Å². The number of carbonyl (C=O) groups excluding carboxylic acids is 1. The summed E-state index contributed by atoms with van der Waals surface area (Å²) in [5, 5.41) is 9.26. The zero-order chi connectivity index (χ0) is 16.5. The van der Waals surface area contributed by atoms with Gasteiger partial charge in [-0.2, -0.15) is 0 Å². The third kappa shape index (κ3) is 6.80. The number of carboxylic acid groups (broad SMARTS) is 1. The second-order valence-corrected chi connectivity index (χ2v) is 5.86. The Morgan fingerprint density at radius 3 is 2.64 bits per heavy atom. The Balaban J connectivity index is 2.42. The number of nitrogen functional groups attached to an aromatic ring is 1. The molecule has 0 heterocycles. The van der Waals surface area contributed by atoms with E-state index < -0.39 is 6.09 Å². The maximum Gasteiger partial charge on any atom is 0.407 e. The number of amides is 1. The van der Waals surface area contributed by atoms with Gasteiger partial charge in [0.2, 0.25) is 0 Å². The van der Waals surface area contributed by atoms with Crippen LogP contribution in [0.15, 0.2) is 22.7 Å². The van der Waals surface area contributed by atoms with Crippen molar-refractivity contribution in [2.75, 3.05) is 18.9 Å². The van der Waals surface area contributed by atoms with Crippen LogP contribution >= 0.6 is 15.9 Å². The number of hydrogen-bond donors (Lipinski definition) is 2. The fourth-order valence-electron chi connectivity index (χ4n) is 1.96. The van der Waals surface area contributed by atoms with Gasteiger partial charge in [-0.1, -0.05) is 22.0 Å². The fraction of sp³-hybridized carbons (Fsp3) is 0.467. The van der Waals surface area contributed by atoms with Crippen molar-refractivity contribution < 1.29 is 19.4 Å². The van der Waals surface area contributed by atoms with Crippen LogP contribution in [0.3, 0.4) is 0 Å². The van der Waals surface area contributed by atoms with Gasteiger partial charge >= 0.3 is 12.1 Å². The van der Waals surface area contributed by atoms with Gasteiger partial charge in [0.05, 0.1) is 13.2 Å². The van der Waals surface area contributed by atoms with Crippen molar-refractivity contribution in [1.29, 1.82) is 0 Å². The Labute approximate surface area is 138 Å². The van der Waals surface area contributed by atoms with E-state index in [0.717, 1.165) is 22.9 Å². The molecular weight excluding hydrogens is 352 g/mol. The number of nitrogens with zero attached hydrogens (tertiary/aromatic N) is 1. The first-order chi connectivity index (χ1) is 10.4. The number of benzene rings is 1. The average Bonchev–Trinajstić information content (AvgIpc) is 2.43. The maximum absolute atomic E-state index is 11.3. The van der Waals surface area contributed by atoms with Gasteiger partial charge in [-0.05, 0) is 37.0 Å². The molecule has 1 rings (SSSR count). The molecule has 0 aliphatic heterocycles. The van der Waals surface area contributed by atoms with E-state index in [4.69, 9.17) is 10.5 Å². The predicted molar refractivity (Wildman–Crippen MR) is 87.5 cm³/mol. The van der Waals surface area contributed by atoms with E-state index in [9.17, 15) is 14.7 Å². The number of ether oxygens (including phenoxy) is 1. The van der Waals surface area contributed by atoms with E-state index in [0.29, 0.717) is 25.3 Å². The predicted octanol–water partition coefficient (Wildman–Crippen LogP) is 3.24. The minimum atomic E-state index is -0.970. The number of unbranched alkanes of at least 4 members (excludes halogenated alkanes) is 2. The second-order valence-electron chi connectivity index (χ2n) is 4.95. The molecule has 0 atom stereocenters. The molecule has 6 nitrogen and oxygen atoms in total. The zero-order valence-corrected chi connectivity index (χ0v) is 14.1. The summed E-state index contributed by atoms with van der Waals surface area (Å²) in [7, 11) is 0. The van der Waals surface area contributed by atoms with E-state index in [1.807, 2.05) is 12.1 Å². The highest BCUT2D eigenvalue weighted by atomic mass is 79.9. The molecule has 1 aromatic carbocycles. The lowest BCUT2D eigenvalue weighted by atomic mass is 10.1. The molecule has 0 radical (unpaired) electrons. The summed E-state index contributed by atoms with van der Waals surface area (Å²) in [5.41, 5.74) is 7.24. The number of rotatable bonds is 8. The van der Waals surface area contributed by atoms with Crippen molar-refractivity contribution in [2.24, 2.45) is 0 Å². The van der Waals surface area contributed by atoms with Crippen LogP contribution in [-0.4, -0.2) is 35.2 Å². The first kappa shape index (κ1) is 18.3. The van der Waals surface area contributed by atoms with Crippen molar-refractivity contribution >= 4 is 33.7 Å². The molecule has 22 heavy (non-hydrogen) atoms. The van der Waals surface area contributed by atoms with Crippen LogP contribution in [0.4, 0.5) is 10.5 Å². The molecule has 0 unspecified atom stereocenters. The lowest BCUT2D eigenvalue weighted by Gasteiger charge is -2.20.